The van der Waals surface area contributed by atoms with E-state index in [4.69, 9.17) is 4.98 Å². The molecule has 0 unspecified atom stereocenters. The van der Waals surface area contributed by atoms with Crippen LogP contribution in [-0.2, 0) is 0 Å². The van der Waals surface area contributed by atoms with Gasteiger partial charge < -0.3 is 5.32 Å². The van der Waals surface area contributed by atoms with E-state index in [0.29, 0.717) is 0 Å². The van der Waals surface area contributed by atoms with Crippen molar-refractivity contribution in [1.82, 2.24) is 9.38 Å². The molecule has 3 nitrogen and oxygen atoms in total. The fraction of sp³-hybridized carbons (Fsp3) is 0.105. The van der Waals surface area contributed by atoms with Gasteiger partial charge in [-0.3, -0.25) is 4.40 Å². The largest absolute Gasteiger partial charge is 0.339 e. The minimum Gasteiger partial charge on any atom is -0.339 e. The second-order valence-corrected chi connectivity index (χ2v) is 6.50. The van der Waals surface area contributed by atoms with Gasteiger partial charge in [-0.1, -0.05) is 48.5 Å². The number of rotatable bonds is 3. The van der Waals surface area contributed by atoms with Crippen molar-refractivity contribution in [1.29, 1.82) is 0 Å². The van der Waals surface area contributed by atoms with Crippen molar-refractivity contribution >= 4 is 27.8 Å². The molecule has 4 rings (SSSR count). The number of thiazole rings is 1. The van der Waals surface area contributed by atoms with Gasteiger partial charge in [0.1, 0.15) is 11.5 Å². The molecule has 2 aromatic carbocycles. The SMILES string of the molecule is Cc1cccc(C)c1Nc1c(-c2ccccc2)nc2sccn12. The Morgan fingerprint density at radius 3 is 2.43 bits per heavy atom. The van der Waals surface area contributed by atoms with Crippen LogP contribution in [0.5, 0.6) is 0 Å². The first-order chi connectivity index (χ1) is 11.2. The zero-order valence-electron chi connectivity index (χ0n) is 13.1. The third-order valence-corrected chi connectivity index (χ3v) is 4.79. The van der Waals surface area contributed by atoms with Gasteiger partial charge >= 0.3 is 0 Å². The van der Waals surface area contributed by atoms with Crippen molar-refractivity contribution in [3.63, 3.8) is 0 Å². The number of anilines is 2. The van der Waals surface area contributed by atoms with E-state index in [1.165, 1.54) is 11.1 Å². The van der Waals surface area contributed by atoms with E-state index in [1.807, 2.05) is 18.2 Å². The summed E-state index contributed by atoms with van der Waals surface area (Å²) in [4.78, 5) is 5.82. The fourth-order valence-electron chi connectivity index (χ4n) is 2.83. The standard InChI is InChI=1S/C19H17N3S/c1-13-7-6-8-14(2)16(13)20-18-17(15-9-4-3-5-10-15)21-19-22(18)11-12-23-19/h3-12,20H,1-2H3. The van der Waals surface area contributed by atoms with Gasteiger partial charge in [-0.15, -0.1) is 11.3 Å². The Labute approximate surface area is 139 Å². The Balaban J connectivity index is 1.90. The first-order valence-corrected chi connectivity index (χ1v) is 8.46. The summed E-state index contributed by atoms with van der Waals surface area (Å²) in [6.07, 6.45) is 2.06. The van der Waals surface area contributed by atoms with Gasteiger partial charge in [0.25, 0.3) is 0 Å². The monoisotopic (exact) mass is 319 g/mol. The number of aromatic nitrogens is 2. The molecule has 0 fully saturated rings. The molecular formula is C19H17N3S. The molecule has 0 saturated heterocycles. The van der Waals surface area contributed by atoms with Gasteiger partial charge in [0.2, 0.25) is 0 Å². The average molecular weight is 319 g/mol. The van der Waals surface area contributed by atoms with Gasteiger partial charge in [0.15, 0.2) is 4.96 Å². The molecular weight excluding hydrogens is 302 g/mol. The minimum absolute atomic E-state index is 0.986. The van der Waals surface area contributed by atoms with Crippen molar-refractivity contribution in [3.05, 3.63) is 71.2 Å². The van der Waals surface area contributed by atoms with Crippen LogP contribution in [-0.4, -0.2) is 9.38 Å². The zero-order chi connectivity index (χ0) is 15.8. The van der Waals surface area contributed by atoms with Gasteiger partial charge in [-0.2, -0.15) is 0 Å². The van der Waals surface area contributed by atoms with Crippen LogP contribution in [0, 0.1) is 13.8 Å². The first kappa shape index (κ1) is 14.0. The van der Waals surface area contributed by atoms with Gasteiger partial charge in [-0.25, -0.2) is 4.98 Å². The number of nitrogens with one attached hydrogen (secondary N) is 1. The highest BCUT2D eigenvalue weighted by atomic mass is 32.1. The van der Waals surface area contributed by atoms with Gasteiger partial charge in [0, 0.05) is 22.8 Å². The summed E-state index contributed by atoms with van der Waals surface area (Å²) in [7, 11) is 0. The van der Waals surface area contributed by atoms with E-state index in [-0.39, 0.29) is 0 Å². The second-order valence-electron chi connectivity index (χ2n) is 5.62. The van der Waals surface area contributed by atoms with Crippen LogP contribution >= 0.6 is 11.3 Å². The van der Waals surface area contributed by atoms with Gasteiger partial charge in [-0.05, 0) is 25.0 Å². The van der Waals surface area contributed by atoms with Crippen LogP contribution in [0.2, 0.25) is 0 Å². The van der Waals surface area contributed by atoms with Crippen LogP contribution in [0.4, 0.5) is 11.5 Å². The quantitative estimate of drug-likeness (QED) is 0.546. The zero-order valence-corrected chi connectivity index (χ0v) is 13.9. The molecule has 0 spiro atoms. The van der Waals surface area contributed by atoms with Crippen LogP contribution in [0.1, 0.15) is 11.1 Å². The summed E-state index contributed by atoms with van der Waals surface area (Å²) in [5.41, 5.74) is 5.72. The number of aryl methyl sites for hydroxylation is 2. The molecule has 114 valence electrons. The Hall–Kier alpha value is -2.59. The maximum atomic E-state index is 4.82. The lowest BCUT2D eigenvalue weighted by atomic mass is 10.1. The predicted octanol–water partition coefficient (Wildman–Crippen LogP) is 5.42. The van der Waals surface area contributed by atoms with E-state index >= 15 is 0 Å². The lowest BCUT2D eigenvalue weighted by molar-refractivity contribution is 1.22. The molecule has 4 heteroatoms. The van der Waals surface area contributed by atoms with Crippen LogP contribution < -0.4 is 5.32 Å². The van der Waals surface area contributed by atoms with E-state index in [1.54, 1.807) is 11.3 Å². The number of imidazole rings is 1. The van der Waals surface area contributed by atoms with Crippen LogP contribution in [0.25, 0.3) is 16.2 Å². The van der Waals surface area contributed by atoms with E-state index in [0.717, 1.165) is 27.7 Å². The molecule has 23 heavy (non-hydrogen) atoms. The summed E-state index contributed by atoms with van der Waals surface area (Å²) in [5, 5.41) is 5.69. The van der Waals surface area contributed by atoms with Crippen LogP contribution in [0.15, 0.2) is 60.1 Å². The molecule has 2 heterocycles. The molecule has 0 aliphatic heterocycles. The highest BCUT2D eigenvalue weighted by molar-refractivity contribution is 7.15. The maximum Gasteiger partial charge on any atom is 0.195 e. The van der Waals surface area contributed by atoms with Crippen molar-refractivity contribution < 1.29 is 0 Å². The molecule has 4 aromatic rings. The summed E-state index contributed by atoms with van der Waals surface area (Å²) < 4.78 is 2.12. The number of nitrogens with zero attached hydrogens (tertiary/aromatic N) is 2. The maximum absolute atomic E-state index is 4.82. The molecule has 0 aliphatic rings. The summed E-state index contributed by atoms with van der Waals surface area (Å²) in [6, 6.07) is 16.7. The third-order valence-electron chi connectivity index (χ3n) is 4.03. The van der Waals surface area contributed by atoms with E-state index in [9.17, 15) is 0 Å². The van der Waals surface area contributed by atoms with E-state index < -0.39 is 0 Å². The molecule has 0 bridgehead atoms. The third kappa shape index (κ3) is 2.41. The molecule has 0 radical (unpaired) electrons. The molecule has 0 saturated carbocycles. The van der Waals surface area contributed by atoms with Crippen LogP contribution in [0.3, 0.4) is 0 Å². The van der Waals surface area contributed by atoms with E-state index in [2.05, 4.69) is 65.5 Å². The molecule has 0 amide bonds. The molecule has 0 atom stereocenters. The minimum atomic E-state index is 0.986. The highest BCUT2D eigenvalue weighted by Crippen LogP contribution is 2.34. The summed E-state index contributed by atoms with van der Waals surface area (Å²) >= 11 is 1.65. The summed E-state index contributed by atoms with van der Waals surface area (Å²) in [6.45, 7) is 4.26. The number of hydrogen-bond acceptors (Lipinski definition) is 3. The van der Waals surface area contributed by atoms with Crippen molar-refractivity contribution in [3.8, 4) is 11.3 Å². The number of para-hydroxylation sites is 1. The Bertz CT molecular complexity index is 947. The Morgan fingerprint density at radius 1 is 0.957 bits per heavy atom. The summed E-state index contributed by atoms with van der Waals surface area (Å²) in [5.74, 6) is 1.02. The topological polar surface area (TPSA) is 29.3 Å². The normalized spacial score (nSPS) is 11.0. The van der Waals surface area contributed by atoms with Crippen molar-refractivity contribution in [2.24, 2.45) is 0 Å². The number of benzene rings is 2. The lowest BCUT2D eigenvalue weighted by Crippen LogP contribution is -1.99. The van der Waals surface area contributed by atoms with Crippen molar-refractivity contribution in [2.75, 3.05) is 5.32 Å². The first-order valence-electron chi connectivity index (χ1n) is 7.58. The Kier molecular flexibility index (Phi) is 3.39. The highest BCUT2D eigenvalue weighted by Gasteiger charge is 2.16. The van der Waals surface area contributed by atoms with Crippen molar-refractivity contribution in [2.45, 2.75) is 13.8 Å². The second kappa shape index (κ2) is 5.56. The van der Waals surface area contributed by atoms with Gasteiger partial charge in [0.05, 0.1) is 0 Å². The number of hydrogen-bond donors (Lipinski definition) is 1. The molecule has 1 N–H and O–H groups in total. The molecule has 2 aromatic heterocycles. The average Bonchev–Trinajstić information content (AvgIpc) is 3.14. The fourth-order valence-corrected chi connectivity index (χ4v) is 3.55. The Morgan fingerprint density at radius 2 is 1.70 bits per heavy atom. The predicted molar refractivity (Wildman–Crippen MR) is 97.7 cm³/mol. The smallest absolute Gasteiger partial charge is 0.195 e. The lowest BCUT2D eigenvalue weighted by Gasteiger charge is -2.13. The molecule has 0 aliphatic carbocycles. The number of fused-ring (bicyclic) bond motifs is 1.